The summed E-state index contributed by atoms with van der Waals surface area (Å²) >= 11 is 14.9. The summed E-state index contributed by atoms with van der Waals surface area (Å²) in [5.74, 6) is 0.615. The molecule has 4 aromatic rings. The van der Waals surface area contributed by atoms with E-state index in [0.717, 1.165) is 4.47 Å². The quantitative estimate of drug-likeness (QED) is 0.341. The molecule has 0 saturated heterocycles. The molecular weight excluding hydrogens is 530 g/mol. The Kier molecular flexibility index (Phi) is 6.77. The minimum atomic E-state index is -0.394. The molecule has 0 spiro atoms. The van der Waals surface area contributed by atoms with Gasteiger partial charge in [-0.05, 0) is 66.8 Å². The lowest BCUT2D eigenvalue weighted by molar-refractivity contribution is 0.0974. The fourth-order valence-electron chi connectivity index (χ4n) is 3.08. The molecule has 0 unspecified atom stereocenters. The molecule has 8 nitrogen and oxygen atoms in total. The van der Waals surface area contributed by atoms with Crippen molar-refractivity contribution in [1.82, 2.24) is 20.3 Å². The summed E-state index contributed by atoms with van der Waals surface area (Å²) in [6.45, 7) is 0. The first kappa shape index (κ1) is 23.0. The molecule has 0 atom stereocenters. The number of hydrogen-bond acceptors (Lipinski definition) is 6. The summed E-state index contributed by atoms with van der Waals surface area (Å²) in [6.07, 6.45) is 0. The summed E-state index contributed by atoms with van der Waals surface area (Å²) in [7, 11) is 3.05. The van der Waals surface area contributed by atoms with Gasteiger partial charge in [0.1, 0.15) is 22.5 Å². The van der Waals surface area contributed by atoms with E-state index in [1.807, 2.05) is 6.07 Å². The zero-order chi connectivity index (χ0) is 23.5. The number of aromatic nitrogens is 3. The molecule has 0 aliphatic rings. The fourth-order valence-corrected chi connectivity index (χ4v) is 3.90. The van der Waals surface area contributed by atoms with Gasteiger partial charge < -0.3 is 14.8 Å². The number of nitrogens with one attached hydrogen (secondary N) is 2. The highest BCUT2D eigenvalue weighted by atomic mass is 79.9. The van der Waals surface area contributed by atoms with E-state index < -0.39 is 5.91 Å². The molecule has 33 heavy (non-hydrogen) atoms. The predicted octanol–water partition coefficient (Wildman–Crippen LogP) is 4.98. The van der Waals surface area contributed by atoms with Crippen LogP contribution in [0.25, 0.3) is 16.7 Å². The highest BCUT2D eigenvalue weighted by Gasteiger charge is 2.15. The molecule has 1 aromatic heterocycles. The number of carbonyl (C=O) groups is 1. The van der Waals surface area contributed by atoms with Gasteiger partial charge in [-0.25, -0.2) is 0 Å². The topological polar surface area (TPSA) is 90.3 Å². The first-order chi connectivity index (χ1) is 15.9. The molecule has 0 bridgehead atoms. The maximum atomic E-state index is 12.6. The fraction of sp³-hybridized carbons (Fsp3) is 0.0909. The number of methoxy groups -OCH3 is 2. The maximum absolute atomic E-state index is 12.6. The van der Waals surface area contributed by atoms with Crippen LogP contribution in [-0.2, 0) is 0 Å². The number of amides is 1. The van der Waals surface area contributed by atoms with Crippen LogP contribution < -0.4 is 20.1 Å². The second kappa shape index (κ2) is 9.74. The van der Waals surface area contributed by atoms with Crippen LogP contribution in [-0.4, -0.2) is 40.2 Å². The van der Waals surface area contributed by atoms with Gasteiger partial charge in [0.15, 0.2) is 5.11 Å². The second-order valence-corrected chi connectivity index (χ2v) is 8.50. The van der Waals surface area contributed by atoms with E-state index in [1.54, 1.807) is 55.6 Å². The zero-order valence-electron chi connectivity index (χ0n) is 17.4. The standard InChI is InChI=1S/C22H17BrClN5O3S/c1-31-19-7-3-12(23)9-15(19)21(30)26-22(33)25-13-4-6-17-18(10-13)28-29(27-17)14-5-8-20(32-2)16(24)11-14/h3-11H,1-2H3,(H2,25,26,30,33). The molecule has 168 valence electrons. The molecule has 1 amide bonds. The number of hydrogen-bond donors (Lipinski definition) is 2. The summed E-state index contributed by atoms with van der Waals surface area (Å²) in [6, 6.07) is 15.8. The second-order valence-electron chi connectivity index (χ2n) is 6.76. The number of thiocarbonyl (C=S) groups is 1. The number of nitrogens with zero attached hydrogens (tertiary/aromatic N) is 3. The van der Waals surface area contributed by atoms with Crippen molar-refractivity contribution in [3.8, 4) is 17.2 Å². The van der Waals surface area contributed by atoms with Gasteiger partial charge in [-0.1, -0.05) is 27.5 Å². The third-order valence-corrected chi connectivity index (χ3v) is 5.63. The van der Waals surface area contributed by atoms with E-state index in [1.165, 1.54) is 11.9 Å². The Bertz CT molecular complexity index is 1380. The number of benzene rings is 3. The van der Waals surface area contributed by atoms with Crippen molar-refractivity contribution >= 4 is 67.5 Å². The lowest BCUT2D eigenvalue weighted by atomic mass is 10.2. The monoisotopic (exact) mass is 545 g/mol. The summed E-state index contributed by atoms with van der Waals surface area (Å²) in [5.41, 5.74) is 3.01. The van der Waals surface area contributed by atoms with Crippen molar-refractivity contribution < 1.29 is 14.3 Å². The maximum Gasteiger partial charge on any atom is 0.261 e. The average molecular weight is 547 g/mol. The van der Waals surface area contributed by atoms with Crippen LogP contribution in [0.15, 0.2) is 59.1 Å². The van der Waals surface area contributed by atoms with Gasteiger partial charge in [-0.15, -0.1) is 10.2 Å². The van der Waals surface area contributed by atoms with E-state index in [0.29, 0.717) is 44.5 Å². The van der Waals surface area contributed by atoms with E-state index in [4.69, 9.17) is 33.3 Å². The van der Waals surface area contributed by atoms with Crippen LogP contribution in [0, 0.1) is 0 Å². The Labute approximate surface area is 208 Å². The molecule has 0 saturated carbocycles. The van der Waals surface area contributed by atoms with Crippen LogP contribution >= 0.6 is 39.7 Å². The molecule has 3 aromatic carbocycles. The Hall–Kier alpha value is -3.21. The third-order valence-electron chi connectivity index (χ3n) is 4.64. The third kappa shape index (κ3) is 5.08. The molecule has 0 aliphatic carbocycles. The normalized spacial score (nSPS) is 10.7. The Balaban J connectivity index is 1.50. The minimum Gasteiger partial charge on any atom is -0.496 e. The molecule has 0 radical (unpaired) electrons. The highest BCUT2D eigenvalue weighted by Crippen LogP contribution is 2.27. The van der Waals surface area contributed by atoms with Crippen molar-refractivity contribution in [3.63, 3.8) is 0 Å². The van der Waals surface area contributed by atoms with Crippen molar-refractivity contribution in [3.05, 3.63) is 69.7 Å². The molecule has 1 heterocycles. The van der Waals surface area contributed by atoms with Crippen molar-refractivity contribution in [1.29, 1.82) is 0 Å². The molecule has 11 heteroatoms. The van der Waals surface area contributed by atoms with Gasteiger partial charge in [0, 0.05) is 10.2 Å². The number of ether oxygens (including phenoxy) is 2. The van der Waals surface area contributed by atoms with E-state index >= 15 is 0 Å². The van der Waals surface area contributed by atoms with Crippen LogP contribution in [0.3, 0.4) is 0 Å². The molecular formula is C22H17BrClN5O3S. The van der Waals surface area contributed by atoms with E-state index in [9.17, 15) is 4.79 Å². The highest BCUT2D eigenvalue weighted by molar-refractivity contribution is 9.10. The summed E-state index contributed by atoms with van der Waals surface area (Å²) in [4.78, 5) is 14.1. The smallest absolute Gasteiger partial charge is 0.261 e. The predicted molar refractivity (Wildman–Crippen MR) is 135 cm³/mol. The van der Waals surface area contributed by atoms with E-state index in [2.05, 4.69) is 36.8 Å². The van der Waals surface area contributed by atoms with Crippen molar-refractivity contribution in [2.75, 3.05) is 19.5 Å². The number of fused-ring (bicyclic) bond motifs is 1. The average Bonchev–Trinajstić information content (AvgIpc) is 3.22. The van der Waals surface area contributed by atoms with Gasteiger partial charge in [0.05, 0.1) is 30.5 Å². The molecule has 0 aliphatic heterocycles. The Morgan fingerprint density at radius 1 is 1.00 bits per heavy atom. The largest absolute Gasteiger partial charge is 0.496 e. The lowest BCUT2D eigenvalue weighted by Gasteiger charge is -2.12. The summed E-state index contributed by atoms with van der Waals surface area (Å²) < 4.78 is 11.2. The van der Waals surface area contributed by atoms with Gasteiger partial charge in [0.2, 0.25) is 0 Å². The number of halogens is 2. The summed E-state index contributed by atoms with van der Waals surface area (Å²) in [5, 5.41) is 15.2. The first-order valence-corrected chi connectivity index (χ1v) is 11.1. The molecule has 2 N–H and O–H groups in total. The van der Waals surface area contributed by atoms with Gasteiger partial charge in [-0.3, -0.25) is 10.1 Å². The van der Waals surface area contributed by atoms with Crippen LogP contribution in [0.5, 0.6) is 11.5 Å². The number of carbonyl (C=O) groups excluding carboxylic acids is 1. The Morgan fingerprint density at radius 3 is 2.45 bits per heavy atom. The zero-order valence-corrected chi connectivity index (χ0v) is 20.6. The Morgan fingerprint density at radius 2 is 1.73 bits per heavy atom. The SMILES string of the molecule is COc1ccc(-n2nc3ccc(NC(=S)NC(=O)c4cc(Br)ccc4OC)cc3n2)cc1Cl. The van der Waals surface area contributed by atoms with Crippen LogP contribution in [0.1, 0.15) is 10.4 Å². The van der Waals surface area contributed by atoms with Gasteiger partial charge in [0.25, 0.3) is 5.91 Å². The lowest BCUT2D eigenvalue weighted by Crippen LogP contribution is -2.34. The van der Waals surface area contributed by atoms with Crippen molar-refractivity contribution in [2.24, 2.45) is 0 Å². The van der Waals surface area contributed by atoms with Gasteiger partial charge >= 0.3 is 0 Å². The molecule has 0 fully saturated rings. The number of rotatable bonds is 5. The van der Waals surface area contributed by atoms with Gasteiger partial charge in [-0.2, -0.15) is 4.80 Å². The number of anilines is 1. The van der Waals surface area contributed by atoms with Crippen LogP contribution in [0.4, 0.5) is 5.69 Å². The first-order valence-electron chi connectivity index (χ1n) is 9.55. The minimum absolute atomic E-state index is 0.135. The molecule has 4 rings (SSSR count). The van der Waals surface area contributed by atoms with Crippen LogP contribution in [0.2, 0.25) is 5.02 Å². The van der Waals surface area contributed by atoms with E-state index in [-0.39, 0.29) is 5.11 Å². The van der Waals surface area contributed by atoms with Crippen molar-refractivity contribution in [2.45, 2.75) is 0 Å².